The molecule has 174 valence electrons. The van der Waals surface area contributed by atoms with Crippen molar-refractivity contribution in [3.05, 3.63) is 88.9 Å². The maximum atomic E-state index is 13.6. The van der Waals surface area contributed by atoms with E-state index in [1.54, 1.807) is 42.5 Å². The fourth-order valence-electron chi connectivity index (χ4n) is 5.15. The maximum absolute atomic E-state index is 13.6. The lowest BCUT2D eigenvalue weighted by Crippen LogP contribution is -2.49. The minimum atomic E-state index is -0.422. The summed E-state index contributed by atoms with van der Waals surface area (Å²) in [7, 11) is 0. The molecule has 0 aliphatic carbocycles. The average molecular weight is 484 g/mol. The molecule has 1 aliphatic heterocycles. The topological polar surface area (TPSA) is 88.6 Å². The number of carbonyl (C=O) groups is 1. The summed E-state index contributed by atoms with van der Waals surface area (Å²) >= 11 is 0.930. The van der Waals surface area contributed by atoms with Crippen LogP contribution >= 0.6 is 11.3 Å². The second-order valence-corrected chi connectivity index (χ2v) is 10.3. The van der Waals surface area contributed by atoms with Gasteiger partial charge in [-0.3, -0.25) is 24.0 Å². The van der Waals surface area contributed by atoms with E-state index in [1.807, 2.05) is 4.90 Å². The molecule has 0 bridgehead atoms. The number of thiophene rings is 1. The number of amides is 1. The minimum absolute atomic E-state index is 0.0368. The molecule has 4 aromatic carbocycles. The second-order valence-electron chi connectivity index (χ2n) is 9.33. The predicted octanol–water partition coefficient (Wildman–Crippen LogP) is 3.48. The molecule has 0 spiro atoms. The summed E-state index contributed by atoms with van der Waals surface area (Å²) in [5.74, 6) is 0.672. The fraction of sp³-hybridized carbons (Fsp3) is 0.250. The highest BCUT2D eigenvalue weighted by atomic mass is 32.1. The van der Waals surface area contributed by atoms with Crippen molar-refractivity contribution in [2.24, 2.45) is 5.92 Å². The number of carbonyl (C=O) groups excluding carboxylic acids is 1. The van der Waals surface area contributed by atoms with Gasteiger partial charge in [0, 0.05) is 41.1 Å². The maximum Gasteiger partial charge on any atom is 0.222 e. The molecule has 5 aromatic rings. The molecule has 7 heteroatoms. The molecule has 1 aromatic heterocycles. The van der Waals surface area contributed by atoms with Gasteiger partial charge in [-0.2, -0.15) is 0 Å². The van der Waals surface area contributed by atoms with Crippen molar-refractivity contribution in [3.63, 3.8) is 0 Å². The fourth-order valence-corrected chi connectivity index (χ4v) is 6.35. The van der Waals surface area contributed by atoms with Crippen LogP contribution < -0.4 is 21.7 Å². The van der Waals surface area contributed by atoms with Gasteiger partial charge in [-0.05, 0) is 36.5 Å². The van der Waals surface area contributed by atoms with Crippen molar-refractivity contribution in [2.45, 2.75) is 26.2 Å². The van der Waals surface area contributed by atoms with E-state index in [-0.39, 0.29) is 53.1 Å². The van der Waals surface area contributed by atoms with Crippen LogP contribution in [0.4, 0.5) is 0 Å². The van der Waals surface area contributed by atoms with Gasteiger partial charge in [0.1, 0.15) is 0 Å². The first-order chi connectivity index (χ1) is 16.9. The summed E-state index contributed by atoms with van der Waals surface area (Å²) in [6.45, 7) is 3.72. The first-order valence-corrected chi connectivity index (χ1v) is 12.6. The summed E-state index contributed by atoms with van der Waals surface area (Å²) < 4.78 is 0.298. The lowest BCUT2D eigenvalue weighted by atomic mass is 9.96. The van der Waals surface area contributed by atoms with Crippen LogP contribution in [-0.2, 0) is 11.2 Å². The Morgan fingerprint density at radius 1 is 0.829 bits per heavy atom. The normalized spacial score (nSPS) is 14.4. The Labute approximate surface area is 202 Å². The third-order valence-corrected chi connectivity index (χ3v) is 8.47. The van der Waals surface area contributed by atoms with Gasteiger partial charge in [-0.1, -0.05) is 37.3 Å². The van der Waals surface area contributed by atoms with E-state index >= 15 is 0 Å². The molecule has 0 saturated carbocycles. The Morgan fingerprint density at radius 2 is 1.40 bits per heavy atom. The number of hydrogen-bond acceptors (Lipinski definition) is 6. The lowest BCUT2D eigenvalue weighted by Gasteiger charge is -2.39. The molecule has 0 unspecified atom stereocenters. The van der Waals surface area contributed by atoms with Crippen molar-refractivity contribution < 1.29 is 4.79 Å². The van der Waals surface area contributed by atoms with E-state index in [0.29, 0.717) is 24.1 Å². The van der Waals surface area contributed by atoms with E-state index in [0.717, 1.165) is 36.4 Å². The van der Waals surface area contributed by atoms with E-state index in [2.05, 4.69) is 6.92 Å². The third-order valence-electron chi connectivity index (χ3n) is 7.28. The van der Waals surface area contributed by atoms with Crippen molar-refractivity contribution in [2.75, 3.05) is 13.1 Å². The Hall–Kier alpha value is -3.71. The molecule has 0 atom stereocenters. The zero-order valence-electron chi connectivity index (χ0n) is 19.1. The molecular weight excluding hydrogens is 462 g/mol. The number of fused-ring (bicyclic) bond motifs is 5. The highest BCUT2D eigenvalue weighted by Crippen LogP contribution is 2.29. The minimum Gasteiger partial charge on any atom is -0.342 e. The Bertz CT molecular complexity index is 1910. The van der Waals surface area contributed by atoms with Gasteiger partial charge in [0.2, 0.25) is 16.8 Å². The van der Waals surface area contributed by atoms with Crippen LogP contribution in [0.2, 0.25) is 0 Å². The monoisotopic (exact) mass is 483 g/mol. The molecule has 1 amide bonds. The van der Waals surface area contributed by atoms with Crippen LogP contribution in [-0.4, -0.2) is 23.9 Å². The Balaban J connectivity index is 1.50. The molecule has 35 heavy (non-hydrogen) atoms. The number of hydrogen-bond donors (Lipinski definition) is 0. The molecule has 6 rings (SSSR count). The van der Waals surface area contributed by atoms with Gasteiger partial charge < -0.3 is 4.90 Å². The van der Waals surface area contributed by atoms with Crippen LogP contribution in [0.5, 0.6) is 0 Å². The van der Waals surface area contributed by atoms with E-state index in [1.165, 1.54) is 0 Å². The molecule has 0 radical (unpaired) electrons. The van der Waals surface area contributed by atoms with Gasteiger partial charge >= 0.3 is 0 Å². The van der Waals surface area contributed by atoms with Gasteiger partial charge in [0.05, 0.1) is 20.2 Å². The number of benzene rings is 4. The average Bonchev–Trinajstić information content (AvgIpc) is 3.25. The summed E-state index contributed by atoms with van der Waals surface area (Å²) in [5, 5.41) is 1.11. The van der Waals surface area contributed by atoms with Crippen molar-refractivity contribution in [1.29, 1.82) is 0 Å². The van der Waals surface area contributed by atoms with Gasteiger partial charge in [0.15, 0.2) is 10.9 Å². The third kappa shape index (κ3) is 3.18. The smallest absolute Gasteiger partial charge is 0.222 e. The molecule has 1 saturated heterocycles. The van der Waals surface area contributed by atoms with E-state index in [9.17, 15) is 24.0 Å². The zero-order valence-corrected chi connectivity index (χ0v) is 19.9. The summed E-state index contributed by atoms with van der Waals surface area (Å²) in [4.78, 5) is 67.6. The number of rotatable bonds is 4. The largest absolute Gasteiger partial charge is 0.342 e. The van der Waals surface area contributed by atoms with Gasteiger partial charge in [-0.15, -0.1) is 11.3 Å². The van der Waals surface area contributed by atoms with E-state index < -0.39 is 10.9 Å². The molecule has 2 heterocycles. The Kier molecular flexibility index (Phi) is 4.93. The molecule has 6 nitrogen and oxygen atoms in total. The van der Waals surface area contributed by atoms with Gasteiger partial charge in [-0.25, -0.2) is 0 Å². The molecular formula is C28H21NO5S. The van der Waals surface area contributed by atoms with Gasteiger partial charge in [0.25, 0.3) is 0 Å². The Morgan fingerprint density at radius 3 is 2.03 bits per heavy atom. The molecule has 1 fully saturated rings. The van der Waals surface area contributed by atoms with Crippen molar-refractivity contribution in [3.8, 4) is 0 Å². The molecule has 1 aliphatic rings. The first-order valence-electron chi connectivity index (χ1n) is 11.7. The van der Waals surface area contributed by atoms with Crippen LogP contribution in [0.1, 0.15) is 25.3 Å². The quantitative estimate of drug-likeness (QED) is 0.391. The first kappa shape index (κ1) is 21.8. The summed E-state index contributed by atoms with van der Waals surface area (Å²) in [6.07, 6.45) is 1.86. The zero-order chi connectivity index (χ0) is 24.4. The standard InChI is InChI=1S/C28H21NO5S/c1-2-14-12-29(13-14)20(30)10-8-15-7-9-18-19(11-15)24(32)22-21-23(31)16-5-3-4-6-17(16)25(33)27(21)35-28(22)26(18)34/h3-7,9,11,14H,2,8,10,12-13H2,1H3. The second kappa shape index (κ2) is 7.92. The number of likely N-dealkylation sites (tertiary alicyclic amines) is 1. The predicted molar refractivity (Wildman–Crippen MR) is 140 cm³/mol. The lowest BCUT2D eigenvalue weighted by molar-refractivity contribution is -0.137. The van der Waals surface area contributed by atoms with Crippen molar-refractivity contribution >= 4 is 59.0 Å². The van der Waals surface area contributed by atoms with Crippen molar-refractivity contribution in [1.82, 2.24) is 4.90 Å². The van der Waals surface area contributed by atoms with Crippen LogP contribution in [0, 0.1) is 5.92 Å². The van der Waals surface area contributed by atoms with Crippen LogP contribution in [0.25, 0.3) is 41.7 Å². The van der Waals surface area contributed by atoms with Crippen LogP contribution in [0.3, 0.4) is 0 Å². The highest BCUT2D eigenvalue weighted by Gasteiger charge is 2.28. The molecule has 0 N–H and O–H groups in total. The summed E-state index contributed by atoms with van der Waals surface area (Å²) in [5.41, 5.74) is -0.735. The van der Waals surface area contributed by atoms with E-state index in [4.69, 9.17) is 0 Å². The van der Waals surface area contributed by atoms with Crippen LogP contribution in [0.15, 0.2) is 61.6 Å². The summed E-state index contributed by atoms with van der Waals surface area (Å²) in [6, 6.07) is 11.6. The highest BCUT2D eigenvalue weighted by molar-refractivity contribution is 7.25. The number of aryl methyl sites for hydroxylation is 1. The SMILES string of the molecule is CCC1CN(C(=O)CCc2ccc3c(=O)c4sc5c(=O)c6ccccc6c(=O)c5c4c(=O)c3c2)C1. The number of nitrogens with zero attached hydrogens (tertiary/aromatic N) is 1.